The lowest BCUT2D eigenvalue weighted by molar-refractivity contribution is -0.121. The maximum absolute atomic E-state index is 11.7. The summed E-state index contributed by atoms with van der Waals surface area (Å²) in [6.07, 6.45) is 4.18. The number of fused-ring (bicyclic) bond motifs is 1. The molecule has 4 nitrogen and oxygen atoms in total. The lowest BCUT2D eigenvalue weighted by Gasteiger charge is -2.03. The fraction of sp³-hybridized carbons (Fsp3) is 0.357. The third-order valence-electron chi connectivity index (χ3n) is 3.48. The van der Waals surface area contributed by atoms with E-state index in [2.05, 4.69) is 16.4 Å². The Labute approximate surface area is 106 Å². The van der Waals surface area contributed by atoms with E-state index >= 15 is 0 Å². The zero-order valence-corrected chi connectivity index (χ0v) is 10.1. The van der Waals surface area contributed by atoms with E-state index in [1.807, 2.05) is 24.4 Å². The first-order valence-corrected chi connectivity index (χ1v) is 6.34. The molecule has 0 aliphatic heterocycles. The molecule has 2 aromatic rings. The number of para-hydroxylation sites is 1. The quantitative estimate of drug-likeness (QED) is 0.757. The Bertz CT molecular complexity index is 575. The van der Waals surface area contributed by atoms with Gasteiger partial charge in [0, 0.05) is 35.6 Å². The molecule has 1 aliphatic carbocycles. The van der Waals surface area contributed by atoms with Gasteiger partial charge in [0.2, 0.25) is 5.91 Å². The van der Waals surface area contributed by atoms with Gasteiger partial charge in [0.05, 0.1) is 0 Å². The zero-order chi connectivity index (χ0) is 12.5. The Hall–Kier alpha value is -1.81. The van der Waals surface area contributed by atoms with Crippen molar-refractivity contribution in [3.05, 3.63) is 36.0 Å². The van der Waals surface area contributed by atoms with Gasteiger partial charge in [-0.1, -0.05) is 18.2 Å². The van der Waals surface area contributed by atoms with E-state index in [-0.39, 0.29) is 18.0 Å². The Morgan fingerprint density at radius 1 is 1.44 bits per heavy atom. The van der Waals surface area contributed by atoms with Gasteiger partial charge in [-0.05, 0) is 24.5 Å². The molecule has 0 bridgehead atoms. The topological polar surface area (TPSA) is 70.9 Å². The van der Waals surface area contributed by atoms with Crippen molar-refractivity contribution in [3.63, 3.8) is 0 Å². The molecular formula is C14H17N3O. The summed E-state index contributed by atoms with van der Waals surface area (Å²) < 4.78 is 0. The highest BCUT2D eigenvalue weighted by molar-refractivity contribution is 5.84. The minimum absolute atomic E-state index is 0.0956. The molecule has 1 aromatic carbocycles. The summed E-state index contributed by atoms with van der Waals surface area (Å²) >= 11 is 0. The van der Waals surface area contributed by atoms with Crippen molar-refractivity contribution in [1.82, 2.24) is 10.3 Å². The van der Waals surface area contributed by atoms with Crippen LogP contribution in [-0.4, -0.2) is 23.0 Å². The number of aromatic nitrogens is 1. The van der Waals surface area contributed by atoms with Crippen LogP contribution in [0.4, 0.5) is 0 Å². The van der Waals surface area contributed by atoms with Gasteiger partial charge < -0.3 is 16.0 Å². The smallest absolute Gasteiger partial charge is 0.220 e. The second-order valence-corrected chi connectivity index (χ2v) is 4.93. The van der Waals surface area contributed by atoms with Gasteiger partial charge in [0.25, 0.3) is 0 Å². The number of hydrogen-bond acceptors (Lipinski definition) is 2. The average molecular weight is 243 g/mol. The molecular weight excluding hydrogens is 226 g/mol. The highest BCUT2D eigenvalue weighted by Crippen LogP contribution is 2.20. The van der Waals surface area contributed by atoms with Gasteiger partial charge in [-0.25, -0.2) is 0 Å². The van der Waals surface area contributed by atoms with E-state index in [4.69, 9.17) is 5.73 Å². The predicted molar refractivity (Wildman–Crippen MR) is 71.1 cm³/mol. The van der Waals surface area contributed by atoms with Gasteiger partial charge in [0.1, 0.15) is 0 Å². The van der Waals surface area contributed by atoms with Crippen molar-refractivity contribution in [3.8, 4) is 0 Å². The summed E-state index contributed by atoms with van der Waals surface area (Å²) in [5.74, 6) is 0.0956. The fourth-order valence-electron chi connectivity index (χ4n) is 2.25. The van der Waals surface area contributed by atoms with Crippen LogP contribution in [0.25, 0.3) is 10.9 Å². The molecule has 2 atom stereocenters. The number of hydrogen-bond donors (Lipinski definition) is 3. The van der Waals surface area contributed by atoms with Crippen molar-refractivity contribution in [2.24, 2.45) is 5.73 Å². The van der Waals surface area contributed by atoms with Crippen LogP contribution in [-0.2, 0) is 11.2 Å². The molecule has 1 aliphatic rings. The number of carbonyl (C=O) groups excluding carboxylic acids is 1. The molecule has 1 aromatic heterocycles. The Balaban J connectivity index is 1.61. The molecule has 2 unspecified atom stereocenters. The van der Waals surface area contributed by atoms with E-state index in [0.29, 0.717) is 6.42 Å². The number of benzene rings is 1. The zero-order valence-electron chi connectivity index (χ0n) is 10.1. The van der Waals surface area contributed by atoms with Crippen molar-refractivity contribution >= 4 is 16.8 Å². The van der Waals surface area contributed by atoms with E-state index in [0.717, 1.165) is 18.4 Å². The van der Waals surface area contributed by atoms with Gasteiger partial charge in [-0.15, -0.1) is 0 Å². The van der Waals surface area contributed by atoms with Crippen molar-refractivity contribution in [1.29, 1.82) is 0 Å². The van der Waals surface area contributed by atoms with Crippen LogP contribution in [0.15, 0.2) is 30.5 Å². The second kappa shape index (κ2) is 4.46. The van der Waals surface area contributed by atoms with E-state index in [1.54, 1.807) is 0 Å². The fourth-order valence-corrected chi connectivity index (χ4v) is 2.25. The van der Waals surface area contributed by atoms with Gasteiger partial charge >= 0.3 is 0 Å². The standard InChI is InChI=1S/C14H17N3O/c15-11-7-13(11)17-14(18)6-5-9-8-16-12-4-2-1-3-10(9)12/h1-4,8,11,13,16H,5-7,15H2,(H,17,18). The first kappa shape index (κ1) is 11.3. The van der Waals surface area contributed by atoms with Gasteiger partial charge in [-0.2, -0.15) is 0 Å². The number of nitrogens with one attached hydrogen (secondary N) is 2. The van der Waals surface area contributed by atoms with Crippen LogP contribution < -0.4 is 11.1 Å². The van der Waals surface area contributed by atoms with Gasteiger partial charge in [-0.3, -0.25) is 4.79 Å². The minimum atomic E-state index is 0.0956. The number of nitrogens with two attached hydrogens (primary N) is 1. The minimum Gasteiger partial charge on any atom is -0.361 e. The Morgan fingerprint density at radius 2 is 2.22 bits per heavy atom. The number of aromatic amines is 1. The number of aryl methyl sites for hydroxylation is 1. The molecule has 0 spiro atoms. The Morgan fingerprint density at radius 3 is 3.00 bits per heavy atom. The van der Waals surface area contributed by atoms with Crippen LogP contribution >= 0.6 is 0 Å². The van der Waals surface area contributed by atoms with Crippen LogP contribution in [0, 0.1) is 0 Å². The van der Waals surface area contributed by atoms with E-state index in [1.165, 1.54) is 10.9 Å². The molecule has 3 rings (SSSR count). The van der Waals surface area contributed by atoms with E-state index < -0.39 is 0 Å². The van der Waals surface area contributed by atoms with Crippen molar-refractivity contribution in [2.45, 2.75) is 31.3 Å². The summed E-state index contributed by atoms with van der Waals surface area (Å²) in [7, 11) is 0. The average Bonchev–Trinajstić information content (AvgIpc) is 2.91. The number of rotatable bonds is 4. The molecule has 1 fully saturated rings. The summed E-state index contributed by atoms with van der Waals surface area (Å²) in [4.78, 5) is 14.9. The number of H-pyrrole nitrogens is 1. The molecule has 0 radical (unpaired) electrons. The van der Waals surface area contributed by atoms with Crippen LogP contribution in [0.1, 0.15) is 18.4 Å². The predicted octanol–water partition coefficient (Wildman–Crippen LogP) is 1.32. The molecule has 0 saturated heterocycles. The first-order valence-electron chi connectivity index (χ1n) is 6.34. The maximum Gasteiger partial charge on any atom is 0.220 e. The van der Waals surface area contributed by atoms with Crippen molar-refractivity contribution < 1.29 is 4.79 Å². The largest absolute Gasteiger partial charge is 0.361 e. The lowest BCUT2D eigenvalue weighted by Crippen LogP contribution is -2.29. The summed E-state index contributed by atoms with van der Waals surface area (Å²) in [6.45, 7) is 0. The highest BCUT2D eigenvalue weighted by atomic mass is 16.1. The van der Waals surface area contributed by atoms with E-state index in [9.17, 15) is 4.79 Å². The first-order chi connectivity index (χ1) is 8.74. The molecule has 94 valence electrons. The SMILES string of the molecule is NC1CC1NC(=O)CCc1c[nH]c2ccccc12. The summed E-state index contributed by atoms with van der Waals surface area (Å²) in [6, 6.07) is 8.52. The normalized spacial score (nSPS) is 22.1. The molecule has 1 heterocycles. The molecule has 4 N–H and O–H groups in total. The van der Waals surface area contributed by atoms with Gasteiger partial charge in [0.15, 0.2) is 0 Å². The van der Waals surface area contributed by atoms with Crippen LogP contribution in [0.3, 0.4) is 0 Å². The molecule has 4 heteroatoms. The lowest BCUT2D eigenvalue weighted by atomic mass is 10.1. The number of amides is 1. The molecule has 18 heavy (non-hydrogen) atoms. The third kappa shape index (κ3) is 2.24. The molecule has 1 amide bonds. The summed E-state index contributed by atoms with van der Waals surface area (Å²) in [5, 5.41) is 4.14. The summed E-state index contributed by atoms with van der Waals surface area (Å²) in [5.41, 5.74) is 7.98. The second-order valence-electron chi connectivity index (χ2n) is 4.93. The van der Waals surface area contributed by atoms with Crippen molar-refractivity contribution in [2.75, 3.05) is 0 Å². The maximum atomic E-state index is 11.7. The highest BCUT2D eigenvalue weighted by Gasteiger charge is 2.34. The Kier molecular flexibility index (Phi) is 2.80. The van der Waals surface area contributed by atoms with Crippen LogP contribution in [0.5, 0.6) is 0 Å². The number of carbonyl (C=O) groups is 1. The monoisotopic (exact) mass is 243 g/mol. The third-order valence-corrected chi connectivity index (χ3v) is 3.48. The molecule has 1 saturated carbocycles. The van der Waals surface area contributed by atoms with Crippen LogP contribution in [0.2, 0.25) is 0 Å².